The Morgan fingerprint density at radius 1 is 1.45 bits per heavy atom. The van der Waals surface area contributed by atoms with Gasteiger partial charge in [0, 0.05) is 13.6 Å². The molecule has 0 bridgehead atoms. The largest absolute Gasteiger partial charge is 0.495 e. The SMILES string of the molecule is CCN(CC(=O)NC)S(=O)(=O)c1cc(F)ccc1OC. The minimum absolute atomic E-state index is 0.0294. The van der Waals surface area contributed by atoms with Crippen LogP contribution >= 0.6 is 0 Å². The Labute approximate surface area is 117 Å². The van der Waals surface area contributed by atoms with Crippen LogP contribution in [0, 0.1) is 5.82 Å². The molecule has 0 fully saturated rings. The molecular weight excluding hydrogens is 287 g/mol. The molecule has 0 atom stereocenters. The van der Waals surface area contributed by atoms with Crippen LogP contribution in [0.15, 0.2) is 23.1 Å². The number of likely N-dealkylation sites (N-methyl/N-ethyl adjacent to an activating group) is 2. The third-order valence-corrected chi connectivity index (χ3v) is 4.64. The van der Waals surface area contributed by atoms with Crippen LogP contribution in [0.4, 0.5) is 4.39 Å². The van der Waals surface area contributed by atoms with Gasteiger partial charge in [0.25, 0.3) is 0 Å². The maximum Gasteiger partial charge on any atom is 0.247 e. The smallest absolute Gasteiger partial charge is 0.247 e. The third kappa shape index (κ3) is 3.45. The number of halogens is 1. The Morgan fingerprint density at radius 3 is 2.60 bits per heavy atom. The van der Waals surface area contributed by atoms with Crippen molar-refractivity contribution in [2.75, 3.05) is 27.2 Å². The maximum absolute atomic E-state index is 13.3. The van der Waals surface area contributed by atoms with Gasteiger partial charge in [0.1, 0.15) is 16.5 Å². The summed E-state index contributed by atoms with van der Waals surface area (Å²) >= 11 is 0. The maximum atomic E-state index is 13.3. The zero-order valence-electron chi connectivity index (χ0n) is 11.5. The minimum atomic E-state index is -4.01. The number of ether oxygens (including phenoxy) is 1. The van der Waals surface area contributed by atoms with Gasteiger partial charge < -0.3 is 10.1 Å². The number of hydrogen-bond acceptors (Lipinski definition) is 4. The summed E-state index contributed by atoms with van der Waals surface area (Å²) in [4.78, 5) is 11.1. The summed E-state index contributed by atoms with van der Waals surface area (Å²) in [6, 6.07) is 3.21. The first-order chi connectivity index (χ1) is 9.36. The van der Waals surface area contributed by atoms with Crippen LogP contribution < -0.4 is 10.1 Å². The summed E-state index contributed by atoms with van der Waals surface area (Å²) in [5.41, 5.74) is 0. The number of nitrogens with zero attached hydrogens (tertiary/aromatic N) is 1. The minimum Gasteiger partial charge on any atom is -0.495 e. The first-order valence-corrected chi connectivity index (χ1v) is 7.35. The molecule has 1 N–H and O–H groups in total. The number of amides is 1. The molecule has 0 saturated carbocycles. The van der Waals surface area contributed by atoms with Crippen molar-refractivity contribution in [3.63, 3.8) is 0 Å². The van der Waals surface area contributed by atoms with E-state index >= 15 is 0 Å². The molecule has 1 rings (SSSR count). The predicted octanol–water partition coefficient (Wildman–Crippen LogP) is 0.591. The van der Waals surface area contributed by atoms with E-state index in [0.29, 0.717) is 0 Å². The lowest BCUT2D eigenvalue weighted by atomic mass is 10.3. The average Bonchev–Trinajstić information content (AvgIpc) is 2.44. The molecule has 1 amide bonds. The average molecular weight is 304 g/mol. The number of hydrogen-bond donors (Lipinski definition) is 1. The van der Waals surface area contributed by atoms with E-state index in [1.165, 1.54) is 20.2 Å². The molecule has 0 aliphatic heterocycles. The molecule has 0 unspecified atom stereocenters. The lowest BCUT2D eigenvalue weighted by molar-refractivity contribution is -0.120. The standard InChI is InChI=1S/C12H17FN2O4S/c1-4-15(8-12(16)14-2)20(17,18)11-7-9(13)5-6-10(11)19-3/h5-7H,4,8H2,1-3H3,(H,14,16). The second kappa shape index (κ2) is 6.67. The number of sulfonamides is 1. The summed E-state index contributed by atoms with van der Waals surface area (Å²) < 4.78 is 44.1. The van der Waals surface area contributed by atoms with Crippen LogP contribution in [0.5, 0.6) is 5.75 Å². The summed E-state index contributed by atoms with van der Waals surface area (Å²) in [5.74, 6) is -1.12. The van der Waals surface area contributed by atoms with Gasteiger partial charge in [0.05, 0.1) is 13.7 Å². The highest BCUT2D eigenvalue weighted by Gasteiger charge is 2.28. The van der Waals surface area contributed by atoms with Gasteiger partial charge in [-0.1, -0.05) is 6.92 Å². The van der Waals surface area contributed by atoms with Crippen molar-refractivity contribution >= 4 is 15.9 Å². The molecule has 0 aliphatic rings. The Kier molecular flexibility index (Phi) is 5.46. The van der Waals surface area contributed by atoms with Crippen molar-refractivity contribution in [1.29, 1.82) is 0 Å². The number of nitrogens with one attached hydrogen (secondary N) is 1. The van der Waals surface area contributed by atoms with Gasteiger partial charge in [0.2, 0.25) is 15.9 Å². The van der Waals surface area contributed by atoms with E-state index in [0.717, 1.165) is 16.4 Å². The van der Waals surface area contributed by atoms with E-state index in [9.17, 15) is 17.6 Å². The van der Waals surface area contributed by atoms with Gasteiger partial charge >= 0.3 is 0 Å². The van der Waals surface area contributed by atoms with Crippen molar-refractivity contribution in [2.24, 2.45) is 0 Å². The Balaban J connectivity index is 3.26. The van der Waals surface area contributed by atoms with E-state index in [-0.39, 0.29) is 23.7 Å². The van der Waals surface area contributed by atoms with E-state index in [1.54, 1.807) is 6.92 Å². The molecule has 1 aromatic rings. The van der Waals surface area contributed by atoms with Gasteiger partial charge in [-0.05, 0) is 18.2 Å². The van der Waals surface area contributed by atoms with E-state index < -0.39 is 21.7 Å². The summed E-state index contributed by atoms with van der Waals surface area (Å²) in [6.07, 6.45) is 0. The fraction of sp³-hybridized carbons (Fsp3) is 0.417. The highest BCUT2D eigenvalue weighted by atomic mass is 32.2. The lowest BCUT2D eigenvalue weighted by Crippen LogP contribution is -2.39. The molecule has 8 heteroatoms. The second-order valence-corrected chi connectivity index (χ2v) is 5.81. The van der Waals surface area contributed by atoms with Gasteiger partial charge in [0.15, 0.2) is 0 Å². The van der Waals surface area contributed by atoms with Crippen LogP contribution in [0.3, 0.4) is 0 Å². The fourth-order valence-electron chi connectivity index (χ4n) is 1.60. The van der Waals surface area contributed by atoms with E-state index in [1.807, 2.05) is 0 Å². The van der Waals surface area contributed by atoms with Crippen molar-refractivity contribution in [2.45, 2.75) is 11.8 Å². The molecule has 0 aromatic heterocycles. The number of methoxy groups -OCH3 is 1. The van der Waals surface area contributed by atoms with Crippen molar-refractivity contribution in [3.8, 4) is 5.75 Å². The molecule has 0 heterocycles. The number of carbonyl (C=O) groups excluding carboxylic acids is 1. The topological polar surface area (TPSA) is 75.7 Å². The van der Waals surface area contributed by atoms with E-state index in [2.05, 4.69) is 5.32 Å². The molecule has 0 aliphatic carbocycles. The van der Waals surface area contributed by atoms with Crippen LogP contribution in [0.25, 0.3) is 0 Å². The predicted molar refractivity (Wildman–Crippen MR) is 71.5 cm³/mol. The summed E-state index contributed by atoms with van der Waals surface area (Å²) in [5, 5.41) is 2.34. The fourth-order valence-corrected chi connectivity index (χ4v) is 3.17. The number of benzene rings is 1. The van der Waals surface area contributed by atoms with Crippen molar-refractivity contribution < 1.29 is 22.3 Å². The van der Waals surface area contributed by atoms with Crippen LogP contribution in [0.1, 0.15) is 6.92 Å². The molecule has 20 heavy (non-hydrogen) atoms. The monoisotopic (exact) mass is 304 g/mol. The van der Waals surface area contributed by atoms with Crippen LogP contribution in [0.2, 0.25) is 0 Å². The Hall–Kier alpha value is -1.67. The number of carbonyl (C=O) groups is 1. The third-order valence-electron chi connectivity index (χ3n) is 2.70. The zero-order valence-corrected chi connectivity index (χ0v) is 12.3. The highest BCUT2D eigenvalue weighted by Crippen LogP contribution is 2.27. The zero-order chi connectivity index (χ0) is 15.3. The molecule has 0 saturated heterocycles. The van der Waals surface area contributed by atoms with Crippen molar-refractivity contribution in [1.82, 2.24) is 9.62 Å². The van der Waals surface area contributed by atoms with Crippen molar-refractivity contribution in [3.05, 3.63) is 24.0 Å². The summed E-state index contributed by atoms with van der Waals surface area (Å²) in [6.45, 7) is 1.33. The van der Waals surface area contributed by atoms with Crippen LogP contribution in [-0.4, -0.2) is 45.9 Å². The van der Waals surface area contributed by atoms with Gasteiger partial charge in [-0.2, -0.15) is 4.31 Å². The molecule has 112 valence electrons. The van der Waals surface area contributed by atoms with E-state index in [4.69, 9.17) is 4.74 Å². The molecule has 6 nitrogen and oxygen atoms in total. The normalized spacial score (nSPS) is 11.4. The molecule has 0 spiro atoms. The number of rotatable bonds is 6. The van der Waals surface area contributed by atoms with Gasteiger partial charge in [-0.3, -0.25) is 4.79 Å². The first-order valence-electron chi connectivity index (χ1n) is 5.91. The molecular formula is C12H17FN2O4S. The molecule has 1 aromatic carbocycles. The Bertz CT molecular complexity index is 589. The highest BCUT2D eigenvalue weighted by molar-refractivity contribution is 7.89. The van der Waals surface area contributed by atoms with Gasteiger partial charge in [-0.25, -0.2) is 12.8 Å². The Morgan fingerprint density at radius 2 is 2.10 bits per heavy atom. The van der Waals surface area contributed by atoms with Gasteiger partial charge in [-0.15, -0.1) is 0 Å². The second-order valence-electron chi connectivity index (χ2n) is 3.90. The molecule has 0 radical (unpaired) electrons. The lowest BCUT2D eigenvalue weighted by Gasteiger charge is -2.20. The summed E-state index contributed by atoms with van der Waals surface area (Å²) in [7, 11) is -1.31. The first kappa shape index (κ1) is 16.4. The quantitative estimate of drug-likeness (QED) is 0.834. The van der Waals surface area contributed by atoms with Crippen LogP contribution in [-0.2, 0) is 14.8 Å².